The van der Waals surface area contributed by atoms with Crippen LogP contribution in [-0.4, -0.2) is 10.8 Å². The standard InChI is InChI=1S/C20H23NO/c1-12(2)13-7-8-15-17(11-13)20-16(9-10-19(15)22)14-5-3-4-6-18(14)21-20/h3-6,12-13,21H,7-11H2,1-2H3. The summed E-state index contributed by atoms with van der Waals surface area (Å²) >= 11 is 0. The Morgan fingerprint density at radius 3 is 2.73 bits per heavy atom. The van der Waals surface area contributed by atoms with Crippen LogP contribution in [0, 0.1) is 11.8 Å². The maximum absolute atomic E-state index is 12.6. The first-order valence-electron chi connectivity index (χ1n) is 8.50. The van der Waals surface area contributed by atoms with E-state index in [0.717, 1.165) is 31.3 Å². The molecule has 0 saturated carbocycles. The molecule has 2 aromatic rings. The molecule has 0 radical (unpaired) electrons. The predicted molar refractivity (Wildman–Crippen MR) is 90.7 cm³/mol. The molecule has 4 rings (SSSR count). The highest BCUT2D eigenvalue weighted by molar-refractivity contribution is 6.06. The minimum Gasteiger partial charge on any atom is -0.355 e. The molecule has 2 aliphatic carbocycles. The van der Waals surface area contributed by atoms with Crippen molar-refractivity contribution in [1.82, 2.24) is 4.98 Å². The molecular weight excluding hydrogens is 270 g/mol. The van der Waals surface area contributed by atoms with Gasteiger partial charge in [0.15, 0.2) is 5.78 Å². The van der Waals surface area contributed by atoms with Gasteiger partial charge in [0.25, 0.3) is 0 Å². The van der Waals surface area contributed by atoms with Crippen molar-refractivity contribution >= 4 is 22.3 Å². The Bertz CT molecular complexity index is 778. The number of hydrogen-bond donors (Lipinski definition) is 1. The fourth-order valence-corrected chi connectivity index (χ4v) is 4.20. The Morgan fingerprint density at radius 2 is 1.91 bits per heavy atom. The maximum Gasteiger partial charge on any atom is 0.159 e. The van der Waals surface area contributed by atoms with Gasteiger partial charge in [0.05, 0.1) is 0 Å². The van der Waals surface area contributed by atoms with Gasteiger partial charge < -0.3 is 4.98 Å². The van der Waals surface area contributed by atoms with E-state index in [4.69, 9.17) is 0 Å². The Labute approximate surface area is 131 Å². The SMILES string of the molecule is CC(C)C1CCC2=C(C1)c1[nH]c3ccccc3c1CCC2=O. The molecule has 0 fully saturated rings. The molecule has 0 spiro atoms. The van der Waals surface area contributed by atoms with Gasteiger partial charge in [-0.1, -0.05) is 32.0 Å². The van der Waals surface area contributed by atoms with Crippen molar-refractivity contribution in [3.8, 4) is 0 Å². The fourth-order valence-electron chi connectivity index (χ4n) is 4.20. The second-order valence-electron chi connectivity index (χ2n) is 7.15. The summed E-state index contributed by atoms with van der Waals surface area (Å²) in [5.74, 6) is 1.76. The summed E-state index contributed by atoms with van der Waals surface area (Å²) in [6, 6.07) is 8.50. The van der Waals surface area contributed by atoms with Crippen molar-refractivity contribution in [2.24, 2.45) is 11.8 Å². The topological polar surface area (TPSA) is 32.9 Å². The largest absolute Gasteiger partial charge is 0.355 e. The highest BCUT2D eigenvalue weighted by Crippen LogP contribution is 2.43. The normalized spacial score (nSPS) is 22.0. The highest BCUT2D eigenvalue weighted by Gasteiger charge is 2.31. The first-order chi connectivity index (χ1) is 10.6. The van der Waals surface area contributed by atoms with Gasteiger partial charge in [0, 0.05) is 28.6 Å². The number of benzene rings is 1. The summed E-state index contributed by atoms with van der Waals surface area (Å²) in [4.78, 5) is 16.2. The molecule has 1 atom stereocenters. The quantitative estimate of drug-likeness (QED) is 0.797. The smallest absolute Gasteiger partial charge is 0.159 e. The Morgan fingerprint density at radius 1 is 1.09 bits per heavy atom. The van der Waals surface area contributed by atoms with Gasteiger partial charge >= 0.3 is 0 Å². The first-order valence-corrected chi connectivity index (χ1v) is 8.50. The van der Waals surface area contributed by atoms with E-state index in [1.54, 1.807) is 0 Å². The number of fused-ring (bicyclic) bond motifs is 4. The molecule has 1 heterocycles. The summed E-state index contributed by atoms with van der Waals surface area (Å²) in [6.45, 7) is 4.61. The van der Waals surface area contributed by atoms with Crippen molar-refractivity contribution in [3.63, 3.8) is 0 Å². The van der Waals surface area contributed by atoms with Gasteiger partial charge in [-0.05, 0) is 54.7 Å². The third kappa shape index (κ3) is 2.05. The van der Waals surface area contributed by atoms with Crippen molar-refractivity contribution < 1.29 is 4.79 Å². The lowest BCUT2D eigenvalue weighted by Crippen LogP contribution is -2.18. The zero-order chi connectivity index (χ0) is 15.3. The molecule has 0 bridgehead atoms. The van der Waals surface area contributed by atoms with E-state index in [1.807, 2.05) is 0 Å². The van der Waals surface area contributed by atoms with Crippen molar-refractivity contribution in [2.45, 2.75) is 46.0 Å². The van der Waals surface area contributed by atoms with Crippen molar-refractivity contribution in [3.05, 3.63) is 41.1 Å². The second kappa shape index (κ2) is 5.12. The average Bonchev–Trinajstić information content (AvgIpc) is 2.84. The van der Waals surface area contributed by atoms with Crippen LogP contribution in [0.15, 0.2) is 29.8 Å². The predicted octanol–water partition coefficient (Wildman–Crippen LogP) is 4.89. The third-order valence-corrected chi connectivity index (χ3v) is 5.59. The molecular formula is C20H23NO. The van der Waals surface area contributed by atoms with Gasteiger partial charge in [0.2, 0.25) is 0 Å². The molecule has 1 N–H and O–H groups in total. The number of allylic oxidation sites excluding steroid dienone is 2. The molecule has 2 aliphatic rings. The molecule has 2 heteroatoms. The van der Waals surface area contributed by atoms with Crippen molar-refractivity contribution in [2.75, 3.05) is 0 Å². The van der Waals surface area contributed by atoms with E-state index in [1.165, 1.54) is 27.7 Å². The Hall–Kier alpha value is -1.83. The van der Waals surface area contributed by atoms with E-state index < -0.39 is 0 Å². The van der Waals surface area contributed by atoms with Crippen LogP contribution < -0.4 is 0 Å². The van der Waals surface area contributed by atoms with E-state index in [9.17, 15) is 4.79 Å². The number of hydrogen-bond acceptors (Lipinski definition) is 1. The number of rotatable bonds is 1. The monoisotopic (exact) mass is 293 g/mol. The summed E-state index contributed by atoms with van der Waals surface area (Å²) in [6.07, 6.45) is 4.72. The number of nitrogens with one attached hydrogen (secondary N) is 1. The zero-order valence-corrected chi connectivity index (χ0v) is 13.4. The number of aryl methyl sites for hydroxylation is 1. The number of aromatic amines is 1. The van der Waals surface area contributed by atoms with Gasteiger partial charge in [-0.25, -0.2) is 0 Å². The Kier molecular flexibility index (Phi) is 3.21. The molecule has 0 amide bonds. The number of H-pyrrole nitrogens is 1. The zero-order valence-electron chi connectivity index (χ0n) is 13.4. The number of ketones is 1. The maximum atomic E-state index is 12.6. The lowest BCUT2D eigenvalue weighted by atomic mass is 9.76. The van der Waals surface area contributed by atoms with Gasteiger partial charge in [-0.2, -0.15) is 0 Å². The molecule has 1 aromatic carbocycles. The van der Waals surface area contributed by atoms with Crippen LogP contribution >= 0.6 is 0 Å². The molecule has 2 nitrogen and oxygen atoms in total. The molecule has 114 valence electrons. The average molecular weight is 293 g/mol. The fraction of sp³-hybridized carbons (Fsp3) is 0.450. The van der Waals surface area contributed by atoms with Crippen LogP contribution in [0.25, 0.3) is 16.5 Å². The summed E-state index contributed by atoms with van der Waals surface area (Å²) in [7, 11) is 0. The summed E-state index contributed by atoms with van der Waals surface area (Å²) in [5, 5.41) is 1.30. The summed E-state index contributed by atoms with van der Waals surface area (Å²) in [5.41, 5.74) is 6.26. The van der Waals surface area contributed by atoms with Crippen LogP contribution in [0.3, 0.4) is 0 Å². The van der Waals surface area contributed by atoms with E-state index in [-0.39, 0.29) is 0 Å². The molecule has 1 unspecified atom stereocenters. The molecule has 1 aromatic heterocycles. The van der Waals surface area contributed by atoms with Crippen molar-refractivity contribution in [1.29, 1.82) is 0 Å². The van der Waals surface area contributed by atoms with E-state index in [2.05, 4.69) is 43.1 Å². The number of Topliss-reactive ketones (excluding diaryl/α,β-unsaturated/α-hetero) is 1. The van der Waals surface area contributed by atoms with Crippen LogP contribution in [0.2, 0.25) is 0 Å². The minimum absolute atomic E-state index is 0.380. The number of aromatic nitrogens is 1. The van der Waals surface area contributed by atoms with Gasteiger partial charge in [0.1, 0.15) is 0 Å². The number of para-hydroxylation sites is 1. The van der Waals surface area contributed by atoms with E-state index >= 15 is 0 Å². The Balaban J connectivity index is 1.91. The van der Waals surface area contributed by atoms with Crippen LogP contribution in [-0.2, 0) is 11.2 Å². The lowest BCUT2D eigenvalue weighted by Gasteiger charge is -2.28. The van der Waals surface area contributed by atoms with Crippen LogP contribution in [0.4, 0.5) is 0 Å². The highest BCUT2D eigenvalue weighted by atomic mass is 16.1. The first kappa shape index (κ1) is 13.8. The second-order valence-corrected chi connectivity index (χ2v) is 7.15. The molecule has 22 heavy (non-hydrogen) atoms. The van der Waals surface area contributed by atoms with Gasteiger partial charge in [-0.15, -0.1) is 0 Å². The number of carbonyl (C=O) groups is 1. The lowest BCUT2D eigenvalue weighted by molar-refractivity contribution is -0.115. The minimum atomic E-state index is 0.380. The molecule has 0 saturated heterocycles. The van der Waals surface area contributed by atoms with Crippen LogP contribution in [0.1, 0.15) is 50.8 Å². The summed E-state index contributed by atoms with van der Waals surface area (Å²) < 4.78 is 0. The van der Waals surface area contributed by atoms with Crippen LogP contribution in [0.5, 0.6) is 0 Å². The molecule has 0 aliphatic heterocycles. The third-order valence-electron chi connectivity index (χ3n) is 5.59. The number of carbonyl (C=O) groups excluding carboxylic acids is 1. The van der Waals surface area contributed by atoms with Gasteiger partial charge in [-0.3, -0.25) is 4.79 Å². The van der Waals surface area contributed by atoms with E-state index in [0.29, 0.717) is 24.0 Å².